The van der Waals surface area contributed by atoms with Crippen LogP contribution in [0.1, 0.15) is 61.6 Å². The summed E-state index contributed by atoms with van der Waals surface area (Å²) in [6, 6.07) is 13.0. The Bertz CT molecular complexity index is 1270. The molecule has 0 spiro atoms. The number of aliphatic imine (C=N–C) groups is 1. The summed E-state index contributed by atoms with van der Waals surface area (Å²) in [6.45, 7) is 7.78. The van der Waals surface area contributed by atoms with E-state index in [-0.39, 0.29) is 12.3 Å². The number of carbonyl (C=O) groups excluding carboxylic acids is 1. The van der Waals surface area contributed by atoms with Gasteiger partial charge in [0.15, 0.2) is 5.82 Å². The molecule has 1 atom stereocenters. The van der Waals surface area contributed by atoms with Gasteiger partial charge in [-0.15, -0.1) is 10.2 Å². The van der Waals surface area contributed by atoms with Gasteiger partial charge in [0.2, 0.25) is 5.91 Å². The van der Waals surface area contributed by atoms with Crippen LogP contribution in [-0.4, -0.2) is 43.6 Å². The first-order valence-electron chi connectivity index (χ1n) is 11.2. The smallest absolute Gasteiger partial charge is 0.222 e. The molecule has 4 rings (SSSR count). The van der Waals surface area contributed by atoms with E-state index in [1.807, 2.05) is 67.0 Å². The highest BCUT2D eigenvalue weighted by Gasteiger charge is 2.29. The standard InChI is InChI=1S/C26H28ClN5O2/c1-5-28-23(33)15-21-25-31-30-16(2)32(25)22-11-6-17(12-13-26(3,4)34)14-20(22)24(29-21)18-7-9-19(27)10-8-18/h6-14,21,34H,5,15H2,1-4H3,(H,28,33). The second-order valence-electron chi connectivity index (χ2n) is 8.86. The number of carbonyl (C=O) groups is 1. The number of hydrogen-bond donors (Lipinski definition) is 2. The molecular formula is C26H28ClN5O2. The lowest BCUT2D eigenvalue weighted by Crippen LogP contribution is -2.25. The van der Waals surface area contributed by atoms with Crippen LogP contribution in [0.3, 0.4) is 0 Å². The molecule has 0 saturated carbocycles. The molecule has 7 nitrogen and oxygen atoms in total. The number of aromatic nitrogens is 3. The normalized spacial score (nSPS) is 15.5. The lowest BCUT2D eigenvalue weighted by atomic mass is 9.97. The van der Waals surface area contributed by atoms with Crippen LogP contribution in [0, 0.1) is 6.92 Å². The highest BCUT2D eigenvalue weighted by atomic mass is 35.5. The van der Waals surface area contributed by atoms with E-state index >= 15 is 0 Å². The number of benzene rings is 2. The molecule has 2 N–H and O–H groups in total. The summed E-state index contributed by atoms with van der Waals surface area (Å²) in [6.07, 6.45) is 3.79. The van der Waals surface area contributed by atoms with Crippen LogP contribution in [0.15, 0.2) is 53.5 Å². The highest BCUT2D eigenvalue weighted by Crippen LogP contribution is 2.33. The van der Waals surface area contributed by atoms with Gasteiger partial charge in [-0.1, -0.05) is 42.0 Å². The van der Waals surface area contributed by atoms with Gasteiger partial charge in [-0.25, -0.2) is 0 Å². The number of aryl methyl sites for hydroxylation is 1. The molecule has 0 bridgehead atoms. The number of halogens is 1. The molecular weight excluding hydrogens is 450 g/mol. The van der Waals surface area contributed by atoms with Gasteiger partial charge in [-0.3, -0.25) is 14.4 Å². The van der Waals surface area contributed by atoms with E-state index in [9.17, 15) is 9.90 Å². The van der Waals surface area contributed by atoms with Crippen molar-refractivity contribution in [2.45, 2.75) is 45.8 Å². The van der Waals surface area contributed by atoms with Crippen molar-refractivity contribution in [1.82, 2.24) is 20.1 Å². The van der Waals surface area contributed by atoms with E-state index in [0.29, 0.717) is 23.2 Å². The molecule has 176 valence electrons. The monoisotopic (exact) mass is 477 g/mol. The molecule has 1 aromatic heterocycles. The molecule has 0 fully saturated rings. The van der Waals surface area contributed by atoms with Gasteiger partial charge in [0.1, 0.15) is 11.9 Å². The second-order valence-corrected chi connectivity index (χ2v) is 9.30. The van der Waals surface area contributed by atoms with Crippen molar-refractivity contribution in [2.75, 3.05) is 6.54 Å². The lowest BCUT2D eigenvalue weighted by Gasteiger charge is -2.14. The van der Waals surface area contributed by atoms with E-state index in [2.05, 4.69) is 15.5 Å². The fourth-order valence-corrected chi connectivity index (χ4v) is 4.06. The Labute approximate surface area is 204 Å². The topological polar surface area (TPSA) is 92.4 Å². The molecule has 1 unspecified atom stereocenters. The van der Waals surface area contributed by atoms with Crippen molar-refractivity contribution in [3.05, 3.63) is 81.9 Å². The summed E-state index contributed by atoms with van der Waals surface area (Å²) in [7, 11) is 0. The Morgan fingerprint density at radius 2 is 1.94 bits per heavy atom. The second kappa shape index (κ2) is 9.52. The van der Waals surface area contributed by atoms with Crippen LogP contribution in [0.2, 0.25) is 5.02 Å². The predicted molar refractivity (Wildman–Crippen MR) is 135 cm³/mol. The van der Waals surface area contributed by atoms with E-state index < -0.39 is 11.6 Å². The summed E-state index contributed by atoms with van der Waals surface area (Å²) in [5.41, 5.74) is 3.36. The average Bonchev–Trinajstić information content (AvgIpc) is 3.10. The van der Waals surface area contributed by atoms with E-state index in [1.54, 1.807) is 19.9 Å². The number of rotatable bonds is 6. The molecule has 1 amide bonds. The van der Waals surface area contributed by atoms with Crippen molar-refractivity contribution in [3.8, 4) is 5.69 Å². The van der Waals surface area contributed by atoms with Crippen molar-refractivity contribution in [2.24, 2.45) is 4.99 Å². The maximum Gasteiger partial charge on any atom is 0.222 e. The Balaban J connectivity index is 1.94. The SMILES string of the molecule is CCNC(=O)CC1N=C(c2ccc(Cl)cc2)c2cc(C=CC(C)(C)O)ccc2-n2c(C)nnc21. The minimum Gasteiger partial charge on any atom is -0.386 e. The molecule has 1 aliphatic rings. The van der Waals surface area contributed by atoms with Crippen LogP contribution in [0.4, 0.5) is 0 Å². The third-order valence-electron chi connectivity index (χ3n) is 5.50. The molecule has 2 aromatic carbocycles. The zero-order valence-electron chi connectivity index (χ0n) is 19.7. The van der Waals surface area contributed by atoms with Crippen LogP contribution in [0.5, 0.6) is 0 Å². The number of nitrogens with zero attached hydrogens (tertiary/aromatic N) is 4. The minimum absolute atomic E-state index is 0.0985. The van der Waals surface area contributed by atoms with Gasteiger partial charge < -0.3 is 10.4 Å². The number of hydrogen-bond acceptors (Lipinski definition) is 5. The first-order valence-corrected chi connectivity index (χ1v) is 11.6. The quantitative estimate of drug-likeness (QED) is 0.549. The third-order valence-corrected chi connectivity index (χ3v) is 5.76. The van der Waals surface area contributed by atoms with Crippen LogP contribution in [0.25, 0.3) is 11.8 Å². The molecule has 0 radical (unpaired) electrons. The molecule has 0 saturated heterocycles. The van der Waals surface area contributed by atoms with Crippen LogP contribution in [-0.2, 0) is 4.79 Å². The molecule has 2 heterocycles. The van der Waals surface area contributed by atoms with Crippen LogP contribution >= 0.6 is 11.6 Å². The third kappa shape index (κ3) is 5.11. The lowest BCUT2D eigenvalue weighted by molar-refractivity contribution is -0.121. The number of aliphatic hydroxyl groups is 1. The van der Waals surface area contributed by atoms with Gasteiger partial charge in [-0.05, 0) is 57.5 Å². The Hall–Kier alpha value is -3.29. The average molecular weight is 478 g/mol. The maximum absolute atomic E-state index is 12.5. The molecule has 1 aliphatic heterocycles. The van der Waals surface area contributed by atoms with Gasteiger partial charge in [0.05, 0.1) is 23.4 Å². The Morgan fingerprint density at radius 3 is 2.62 bits per heavy atom. The Morgan fingerprint density at radius 1 is 1.21 bits per heavy atom. The van der Waals surface area contributed by atoms with Crippen molar-refractivity contribution >= 4 is 29.3 Å². The van der Waals surface area contributed by atoms with Crippen LogP contribution < -0.4 is 5.32 Å². The highest BCUT2D eigenvalue weighted by molar-refractivity contribution is 6.30. The van der Waals surface area contributed by atoms with E-state index in [0.717, 1.165) is 28.1 Å². The molecule has 3 aromatic rings. The summed E-state index contributed by atoms with van der Waals surface area (Å²) in [5, 5.41) is 22.3. The summed E-state index contributed by atoms with van der Waals surface area (Å²) in [5.74, 6) is 1.23. The van der Waals surface area contributed by atoms with Crippen molar-refractivity contribution in [1.29, 1.82) is 0 Å². The fraction of sp³-hybridized carbons (Fsp3) is 0.308. The van der Waals surface area contributed by atoms with Gasteiger partial charge in [0, 0.05) is 22.7 Å². The molecule has 0 aliphatic carbocycles. The molecule has 34 heavy (non-hydrogen) atoms. The zero-order valence-corrected chi connectivity index (χ0v) is 20.5. The summed E-state index contributed by atoms with van der Waals surface area (Å²) >= 11 is 6.15. The van der Waals surface area contributed by atoms with E-state index in [1.165, 1.54) is 0 Å². The largest absolute Gasteiger partial charge is 0.386 e. The van der Waals surface area contributed by atoms with E-state index in [4.69, 9.17) is 16.6 Å². The number of nitrogens with one attached hydrogen (secondary N) is 1. The summed E-state index contributed by atoms with van der Waals surface area (Å²) in [4.78, 5) is 17.6. The first kappa shape index (κ1) is 23.9. The maximum atomic E-state index is 12.5. The zero-order chi connectivity index (χ0) is 24.5. The first-order chi connectivity index (χ1) is 16.2. The Kier molecular flexibility index (Phi) is 6.68. The van der Waals surface area contributed by atoms with Crippen molar-refractivity contribution in [3.63, 3.8) is 0 Å². The number of amides is 1. The van der Waals surface area contributed by atoms with Gasteiger partial charge in [-0.2, -0.15) is 0 Å². The fourth-order valence-electron chi connectivity index (χ4n) is 3.94. The predicted octanol–water partition coefficient (Wildman–Crippen LogP) is 4.43. The van der Waals surface area contributed by atoms with Gasteiger partial charge in [0.25, 0.3) is 0 Å². The number of fused-ring (bicyclic) bond motifs is 3. The minimum atomic E-state index is -0.935. The summed E-state index contributed by atoms with van der Waals surface area (Å²) < 4.78 is 1.97. The van der Waals surface area contributed by atoms with Crippen molar-refractivity contribution < 1.29 is 9.90 Å². The molecule has 8 heteroatoms. The van der Waals surface area contributed by atoms with Gasteiger partial charge >= 0.3 is 0 Å².